The van der Waals surface area contributed by atoms with Gasteiger partial charge in [0.05, 0.1) is 23.0 Å². The highest BCUT2D eigenvalue weighted by Gasteiger charge is 2.30. The quantitative estimate of drug-likeness (QED) is 0.789. The Morgan fingerprint density at radius 3 is 2.88 bits per heavy atom. The number of fused-ring (bicyclic) bond motifs is 1. The van der Waals surface area contributed by atoms with Gasteiger partial charge in [-0.1, -0.05) is 37.3 Å². The molecule has 1 saturated heterocycles. The smallest absolute Gasteiger partial charge is 0.103 e. The lowest BCUT2D eigenvalue weighted by molar-refractivity contribution is 0.328. The Hall–Kier alpha value is -2.84. The Labute approximate surface area is 153 Å². The van der Waals surface area contributed by atoms with Gasteiger partial charge in [0.15, 0.2) is 0 Å². The van der Waals surface area contributed by atoms with Gasteiger partial charge in [-0.25, -0.2) is 4.52 Å². The number of nitrogens with zero attached hydrogens (tertiary/aromatic N) is 4. The molecule has 1 aliphatic heterocycles. The topological polar surface area (TPSA) is 56.4 Å². The summed E-state index contributed by atoms with van der Waals surface area (Å²) in [5, 5.41) is 17.7. The van der Waals surface area contributed by atoms with Crippen LogP contribution in [-0.2, 0) is 6.54 Å². The van der Waals surface area contributed by atoms with Gasteiger partial charge in [0, 0.05) is 25.3 Å². The minimum absolute atomic E-state index is 0.331. The molecule has 0 spiro atoms. The first-order valence-corrected chi connectivity index (χ1v) is 9.15. The molecule has 2 atom stereocenters. The molecule has 2 unspecified atom stereocenters. The van der Waals surface area contributed by atoms with E-state index in [4.69, 9.17) is 0 Å². The van der Waals surface area contributed by atoms with Crippen molar-refractivity contribution in [1.82, 2.24) is 14.9 Å². The Morgan fingerprint density at radius 1 is 1.27 bits per heavy atom. The molecular weight excluding hydrogens is 322 g/mol. The first-order valence-electron chi connectivity index (χ1n) is 9.15. The molecule has 132 valence electrons. The first kappa shape index (κ1) is 16.6. The van der Waals surface area contributed by atoms with E-state index in [1.54, 1.807) is 6.20 Å². The van der Waals surface area contributed by atoms with E-state index in [2.05, 4.69) is 52.6 Å². The lowest BCUT2D eigenvalue weighted by atomic mass is 9.92. The van der Waals surface area contributed by atoms with Crippen LogP contribution in [-0.4, -0.2) is 28.7 Å². The van der Waals surface area contributed by atoms with Crippen molar-refractivity contribution in [1.29, 1.82) is 5.26 Å². The minimum atomic E-state index is 0.331. The van der Waals surface area contributed by atoms with Crippen molar-refractivity contribution >= 4 is 11.2 Å². The summed E-state index contributed by atoms with van der Waals surface area (Å²) in [4.78, 5) is 2.40. The van der Waals surface area contributed by atoms with Gasteiger partial charge in [-0.2, -0.15) is 10.4 Å². The molecule has 3 heterocycles. The van der Waals surface area contributed by atoms with Crippen LogP contribution in [0.25, 0.3) is 5.52 Å². The van der Waals surface area contributed by atoms with Crippen molar-refractivity contribution in [2.75, 3.05) is 18.0 Å². The van der Waals surface area contributed by atoms with Crippen LogP contribution in [0.3, 0.4) is 0 Å². The number of rotatable bonds is 4. The monoisotopic (exact) mass is 345 g/mol. The number of aromatic nitrogens is 2. The molecule has 0 aliphatic carbocycles. The fourth-order valence-electron chi connectivity index (χ4n) is 3.90. The van der Waals surface area contributed by atoms with Gasteiger partial charge in [0.1, 0.15) is 6.07 Å². The lowest BCUT2D eigenvalue weighted by Gasteiger charge is -2.41. The molecule has 5 heteroatoms. The molecule has 1 N–H and O–H groups in total. The predicted octanol–water partition coefficient (Wildman–Crippen LogP) is 3.21. The molecule has 1 fully saturated rings. The minimum Gasteiger partial charge on any atom is -0.360 e. The van der Waals surface area contributed by atoms with Crippen LogP contribution in [0, 0.1) is 17.2 Å². The molecule has 4 rings (SSSR count). The zero-order chi connectivity index (χ0) is 17.9. The molecule has 0 bridgehead atoms. The van der Waals surface area contributed by atoms with Crippen molar-refractivity contribution in [3.8, 4) is 6.07 Å². The normalized spacial score (nSPS) is 20.0. The molecule has 2 aromatic heterocycles. The number of anilines is 1. The van der Waals surface area contributed by atoms with Gasteiger partial charge in [-0.05, 0) is 36.6 Å². The van der Waals surface area contributed by atoms with E-state index >= 15 is 0 Å². The number of nitriles is 1. The van der Waals surface area contributed by atoms with Crippen LogP contribution in [0.2, 0.25) is 0 Å². The molecule has 3 aromatic rings. The highest BCUT2D eigenvalue weighted by Crippen LogP contribution is 2.32. The van der Waals surface area contributed by atoms with Crippen molar-refractivity contribution in [2.24, 2.45) is 5.92 Å². The predicted molar refractivity (Wildman–Crippen MR) is 103 cm³/mol. The van der Waals surface area contributed by atoms with E-state index in [9.17, 15) is 5.26 Å². The number of piperidine rings is 1. The van der Waals surface area contributed by atoms with Gasteiger partial charge in [0.2, 0.25) is 0 Å². The Balaban J connectivity index is 1.85. The van der Waals surface area contributed by atoms with Crippen LogP contribution < -0.4 is 10.2 Å². The summed E-state index contributed by atoms with van der Waals surface area (Å²) in [6.45, 7) is 5.07. The van der Waals surface area contributed by atoms with Crippen LogP contribution >= 0.6 is 0 Å². The maximum absolute atomic E-state index is 9.75. The van der Waals surface area contributed by atoms with Gasteiger partial charge in [-0.15, -0.1) is 0 Å². The zero-order valence-electron chi connectivity index (χ0n) is 15.0. The van der Waals surface area contributed by atoms with E-state index in [0.29, 0.717) is 17.5 Å². The van der Waals surface area contributed by atoms with Crippen molar-refractivity contribution in [3.63, 3.8) is 0 Å². The Kier molecular flexibility index (Phi) is 4.59. The second-order valence-corrected chi connectivity index (χ2v) is 7.01. The molecule has 5 nitrogen and oxygen atoms in total. The third-order valence-electron chi connectivity index (χ3n) is 5.33. The summed E-state index contributed by atoms with van der Waals surface area (Å²) in [6, 6.07) is 17.2. The fraction of sp³-hybridized carbons (Fsp3) is 0.333. The second-order valence-electron chi connectivity index (χ2n) is 7.01. The SMILES string of the molecule is CC1CCNCC1N(Cc1ccccc1)c1c(C#N)cnn2cccc12. The maximum atomic E-state index is 9.75. The van der Waals surface area contributed by atoms with Gasteiger partial charge >= 0.3 is 0 Å². The van der Waals surface area contributed by atoms with E-state index in [1.165, 1.54) is 5.56 Å². The van der Waals surface area contributed by atoms with Gasteiger partial charge in [-0.3, -0.25) is 0 Å². The summed E-state index contributed by atoms with van der Waals surface area (Å²) in [7, 11) is 0. The molecule has 1 aliphatic rings. The Bertz CT molecular complexity index is 924. The second kappa shape index (κ2) is 7.19. The molecular formula is C21H23N5. The number of benzene rings is 1. The van der Waals surface area contributed by atoms with Crippen LogP contribution in [0.15, 0.2) is 54.9 Å². The summed E-state index contributed by atoms with van der Waals surface area (Å²) >= 11 is 0. The molecule has 26 heavy (non-hydrogen) atoms. The number of hydrogen-bond acceptors (Lipinski definition) is 4. The molecule has 1 aromatic carbocycles. The molecule has 0 amide bonds. The summed E-state index contributed by atoms with van der Waals surface area (Å²) in [5.41, 5.74) is 3.84. The standard InChI is InChI=1S/C21H23N5/c1-16-9-10-23-14-20(16)25(15-17-6-3-2-4-7-17)21-18(12-22)13-24-26-11-5-8-19(21)26/h2-8,11,13,16,20,23H,9-10,14-15H2,1H3. The largest absolute Gasteiger partial charge is 0.360 e. The summed E-state index contributed by atoms with van der Waals surface area (Å²) < 4.78 is 1.86. The number of nitrogens with one attached hydrogen (secondary N) is 1. The fourth-order valence-corrected chi connectivity index (χ4v) is 3.90. The molecule has 0 saturated carbocycles. The van der Waals surface area contributed by atoms with Crippen LogP contribution in [0.4, 0.5) is 5.69 Å². The van der Waals surface area contributed by atoms with Gasteiger partial charge < -0.3 is 10.2 Å². The van der Waals surface area contributed by atoms with Crippen molar-refractivity contribution < 1.29 is 0 Å². The van der Waals surface area contributed by atoms with Crippen LogP contribution in [0.1, 0.15) is 24.5 Å². The third kappa shape index (κ3) is 3.04. The van der Waals surface area contributed by atoms with E-state index in [0.717, 1.165) is 37.3 Å². The maximum Gasteiger partial charge on any atom is 0.103 e. The van der Waals surface area contributed by atoms with E-state index < -0.39 is 0 Å². The zero-order valence-corrected chi connectivity index (χ0v) is 15.0. The van der Waals surface area contributed by atoms with E-state index in [-0.39, 0.29) is 0 Å². The Morgan fingerprint density at radius 2 is 2.12 bits per heavy atom. The summed E-state index contributed by atoms with van der Waals surface area (Å²) in [6.07, 6.45) is 4.75. The van der Waals surface area contributed by atoms with Gasteiger partial charge in [0.25, 0.3) is 0 Å². The lowest BCUT2D eigenvalue weighted by Crippen LogP contribution is -2.50. The highest BCUT2D eigenvalue weighted by atomic mass is 15.3. The van der Waals surface area contributed by atoms with Crippen molar-refractivity contribution in [2.45, 2.75) is 25.9 Å². The summed E-state index contributed by atoms with van der Waals surface area (Å²) in [5.74, 6) is 0.551. The average Bonchev–Trinajstić information content (AvgIpc) is 3.16. The van der Waals surface area contributed by atoms with E-state index in [1.807, 2.05) is 28.9 Å². The number of hydrogen-bond donors (Lipinski definition) is 1. The van der Waals surface area contributed by atoms with Crippen LogP contribution in [0.5, 0.6) is 0 Å². The third-order valence-corrected chi connectivity index (χ3v) is 5.33. The first-order chi connectivity index (χ1) is 12.8. The average molecular weight is 345 g/mol. The van der Waals surface area contributed by atoms with Crippen molar-refractivity contribution in [3.05, 3.63) is 66.0 Å². The highest BCUT2D eigenvalue weighted by molar-refractivity contribution is 5.79. The molecule has 0 radical (unpaired) electrons.